The molecule has 2 N–H and O–H groups in total. The fourth-order valence-electron chi connectivity index (χ4n) is 2.88. The predicted molar refractivity (Wildman–Crippen MR) is 86.7 cm³/mol. The summed E-state index contributed by atoms with van der Waals surface area (Å²) in [5.74, 6) is 0.887. The van der Waals surface area contributed by atoms with Crippen LogP contribution in [0.25, 0.3) is 0 Å². The van der Waals surface area contributed by atoms with Gasteiger partial charge in [-0.3, -0.25) is 4.90 Å². The van der Waals surface area contributed by atoms with Crippen molar-refractivity contribution in [2.45, 2.75) is 19.5 Å². The predicted octanol–water partition coefficient (Wildman–Crippen LogP) is 3.49. The van der Waals surface area contributed by atoms with E-state index in [0.29, 0.717) is 0 Å². The van der Waals surface area contributed by atoms with Crippen molar-refractivity contribution in [3.05, 3.63) is 58.1 Å². The zero-order chi connectivity index (χ0) is 14.8. The third-order valence-corrected chi connectivity index (χ3v) is 4.19. The van der Waals surface area contributed by atoms with Crippen molar-refractivity contribution in [3.63, 3.8) is 0 Å². The molecule has 2 aromatic rings. The van der Waals surface area contributed by atoms with E-state index in [1.165, 1.54) is 11.1 Å². The Morgan fingerprint density at radius 3 is 2.86 bits per heavy atom. The van der Waals surface area contributed by atoms with Crippen LogP contribution in [-0.4, -0.2) is 18.6 Å². The summed E-state index contributed by atoms with van der Waals surface area (Å²) in [5.41, 5.74) is 10.6. The van der Waals surface area contributed by atoms with Crippen molar-refractivity contribution >= 4 is 17.3 Å². The molecule has 1 heterocycles. The Morgan fingerprint density at radius 1 is 1.19 bits per heavy atom. The lowest BCUT2D eigenvalue weighted by molar-refractivity contribution is 0.242. The number of anilines is 1. The van der Waals surface area contributed by atoms with Crippen LogP contribution >= 0.6 is 11.6 Å². The van der Waals surface area contributed by atoms with Crippen molar-refractivity contribution in [3.8, 4) is 5.75 Å². The molecule has 3 rings (SSSR count). The second-order valence-electron chi connectivity index (χ2n) is 5.44. The second-order valence-corrected chi connectivity index (χ2v) is 5.88. The first kappa shape index (κ1) is 14.2. The smallest absolute Gasteiger partial charge is 0.123 e. The SMILES string of the molecule is COc1ccc(Cl)cc1CN1CCc2ccc(N)cc2C1. The van der Waals surface area contributed by atoms with E-state index in [2.05, 4.69) is 17.0 Å². The molecule has 110 valence electrons. The van der Waals surface area contributed by atoms with Gasteiger partial charge in [-0.05, 0) is 47.9 Å². The number of rotatable bonds is 3. The Kier molecular flexibility index (Phi) is 4.04. The lowest BCUT2D eigenvalue weighted by Gasteiger charge is -2.29. The maximum atomic E-state index is 6.10. The van der Waals surface area contributed by atoms with Crippen molar-refractivity contribution in [2.75, 3.05) is 19.4 Å². The van der Waals surface area contributed by atoms with E-state index in [0.717, 1.165) is 48.1 Å². The van der Waals surface area contributed by atoms with Crippen molar-refractivity contribution < 1.29 is 4.74 Å². The Hall–Kier alpha value is -1.71. The van der Waals surface area contributed by atoms with Gasteiger partial charge in [0.2, 0.25) is 0 Å². The first-order valence-corrected chi connectivity index (χ1v) is 7.45. The lowest BCUT2D eigenvalue weighted by atomic mass is 9.98. The molecule has 0 saturated heterocycles. The summed E-state index contributed by atoms with van der Waals surface area (Å²) in [6.07, 6.45) is 1.05. The summed E-state index contributed by atoms with van der Waals surface area (Å²) in [7, 11) is 1.69. The average Bonchev–Trinajstić information content (AvgIpc) is 2.47. The number of ether oxygens (including phenoxy) is 1. The normalized spacial score (nSPS) is 14.8. The van der Waals surface area contributed by atoms with Crippen LogP contribution in [-0.2, 0) is 19.5 Å². The van der Waals surface area contributed by atoms with Gasteiger partial charge in [0.15, 0.2) is 0 Å². The molecule has 0 radical (unpaired) electrons. The van der Waals surface area contributed by atoms with Crippen molar-refractivity contribution in [2.24, 2.45) is 0 Å². The van der Waals surface area contributed by atoms with Crippen LogP contribution < -0.4 is 10.5 Å². The molecule has 1 aliphatic heterocycles. The zero-order valence-electron chi connectivity index (χ0n) is 12.1. The fourth-order valence-corrected chi connectivity index (χ4v) is 3.08. The topological polar surface area (TPSA) is 38.5 Å². The van der Waals surface area contributed by atoms with Gasteiger partial charge in [0, 0.05) is 35.9 Å². The molecule has 0 aromatic heterocycles. The van der Waals surface area contributed by atoms with Gasteiger partial charge in [-0.1, -0.05) is 17.7 Å². The Labute approximate surface area is 130 Å². The summed E-state index contributed by atoms with van der Waals surface area (Å²) in [5, 5.41) is 0.743. The highest BCUT2D eigenvalue weighted by atomic mass is 35.5. The van der Waals surface area contributed by atoms with Crippen LogP contribution in [0.4, 0.5) is 5.69 Å². The van der Waals surface area contributed by atoms with Crippen LogP contribution in [0.5, 0.6) is 5.75 Å². The minimum Gasteiger partial charge on any atom is -0.496 e. The number of fused-ring (bicyclic) bond motifs is 1. The van der Waals surface area contributed by atoms with E-state index in [-0.39, 0.29) is 0 Å². The number of nitrogens with zero attached hydrogens (tertiary/aromatic N) is 1. The van der Waals surface area contributed by atoms with E-state index < -0.39 is 0 Å². The van der Waals surface area contributed by atoms with Gasteiger partial charge in [-0.25, -0.2) is 0 Å². The molecule has 1 aliphatic rings. The fraction of sp³-hybridized carbons (Fsp3) is 0.294. The molecule has 2 aromatic carbocycles. The molecule has 0 amide bonds. The van der Waals surface area contributed by atoms with Crippen LogP contribution in [0, 0.1) is 0 Å². The number of hydrogen-bond donors (Lipinski definition) is 1. The summed E-state index contributed by atoms with van der Waals surface area (Å²) in [4.78, 5) is 2.40. The molecule has 4 heteroatoms. The van der Waals surface area contributed by atoms with Gasteiger partial charge in [-0.15, -0.1) is 0 Å². The number of hydrogen-bond acceptors (Lipinski definition) is 3. The minimum absolute atomic E-state index is 0.743. The Bertz CT molecular complexity index is 657. The molecule has 0 saturated carbocycles. The third kappa shape index (κ3) is 3.14. The van der Waals surface area contributed by atoms with Crippen molar-refractivity contribution in [1.82, 2.24) is 4.90 Å². The molecule has 0 unspecified atom stereocenters. The largest absolute Gasteiger partial charge is 0.496 e. The number of halogens is 1. The molecule has 0 fully saturated rings. The first-order valence-electron chi connectivity index (χ1n) is 7.08. The van der Waals surface area contributed by atoms with Gasteiger partial charge in [0.1, 0.15) is 5.75 Å². The standard InChI is InChI=1S/C17H19ClN2O/c1-21-17-5-3-15(18)8-14(17)11-20-7-6-12-2-4-16(19)9-13(12)10-20/h2-5,8-9H,6-7,10-11,19H2,1H3. The number of nitrogens with two attached hydrogens (primary N) is 1. The number of methoxy groups -OCH3 is 1. The van der Waals surface area contributed by atoms with E-state index in [1.807, 2.05) is 24.3 Å². The quantitative estimate of drug-likeness (QED) is 0.882. The number of nitrogen functional groups attached to an aromatic ring is 1. The average molecular weight is 303 g/mol. The molecule has 0 aliphatic carbocycles. The summed E-state index contributed by atoms with van der Waals surface area (Å²) >= 11 is 6.10. The van der Waals surface area contributed by atoms with E-state index in [4.69, 9.17) is 22.1 Å². The Morgan fingerprint density at radius 2 is 2.05 bits per heavy atom. The van der Waals surface area contributed by atoms with E-state index in [1.54, 1.807) is 7.11 Å². The number of benzene rings is 2. The monoisotopic (exact) mass is 302 g/mol. The van der Waals surface area contributed by atoms with Crippen LogP contribution in [0.3, 0.4) is 0 Å². The van der Waals surface area contributed by atoms with Crippen molar-refractivity contribution in [1.29, 1.82) is 0 Å². The molecule has 0 bridgehead atoms. The molecule has 21 heavy (non-hydrogen) atoms. The third-order valence-electron chi connectivity index (χ3n) is 3.96. The van der Waals surface area contributed by atoms with Gasteiger partial charge >= 0.3 is 0 Å². The van der Waals surface area contributed by atoms with Crippen LogP contribution in [0.2, 0.25) is 5.02 Å². The highest BCUT2D eigenvalue weighted by molar-refractivity contribution is 6.30. The maximum Gasteiger partial charge on any atom is 0.123 e. The maximum absolute atomic E-state index is 6.10. The van der Waals surface area contributed by atoms with Crippen LogP contribution in [0.15, 0.2) is 36.4 Å². The Balaban J connectivity index is 1.79. The molecule has 0 atom stereocenters. The van der Waals surface area contributed by atoms with Gasteiger partial charge < -0.3 is 10.5 Å². The minimum atomic E-state index is 0.743. The summed E-state index contributed by atoms with van der Waals surface area (Å²) < 4.78 is 5.43. The highest BCUT2D eigenvalue weighted by Gasteiger charge is 2.18. The molecular formula is C17H19ClN2O. The summed E-state index contributed by atoms with van der Waals surface area (Å²) in [6, 6.07) is 12.0. The van der Waals surface area contributed by atoms with Gasteiger partial charge in [0.05, 0.1) is 7.11 Å². The van der Waals surface area contributed by atoms with E-state index >= 15 is 0 Å². The molecular weight excluding hydrogens is 284 g/mol. The second kappa shape index (κ2) is 5.96. The highest BCUT2D eigenvalue weighted by Crippen LogP contribution is 2.27. The first-order chi connectivity index (χ1) is 10.2. The van der Waals surface area contributed by atoms with E-state index in [9.17, 15) is 0 Å². The van der Waals surface area contributed by atoms with Crippen LogP contribution in [0.1, 0.15) is 16.7 Å². The van der Waals surface area contributed by atoms with Gasteiger partial charge in [0.25, 0.3) is 0 Å². The summed E-state index contributed by atoms with van der Waals surface area (Å²) in [6.45, 7) is 2.78. The lowest BCUT2D eigenvalue weighted by Crippen LogP contribution is -2.30. The molecule has 3 nitrogen and oxygen atoms in total. The zero-order valence-corrected chi connectivity index (χ0v) is 12.9. The molecule has 0 spiro atoms. The van der Waals surface area contributed by atoms with Gasteiger partial charge in [-0.2, -0.15) is 0 Å².